The fourth-order valence-electron chi connectivity index (χ4n) is 2.57. The quantitative estimate of drug-likeness (QED) is 0.623. The Morgan fingerprint density at radius 3 is 2.90 bits per heavy atom. The summed E-state index contributed by atoms with van der Waals surface area (Å²) in [7, 11) is 0. The number of nitrogens with two attached hydrogens (primary N) is 1. The van der Waals surface area contributed by atoms with Gasteiger partial charge in [-0.1, -0.05) is 11.6 Å². The number of amides is 1. The Morgan fingerprint density at radius 1 is 1.33 bits per heavy atom. The predicted molar refractivity (Wildman–Crippen MR) is 85.5 cm³/mol. The lowest BCUT2D eigenvalue weighted by Crippen LogP contribution is -2.25. The number of hydrogen-bond donors (Lipinski definition) is 2. The molecule has 0 heterocycles. The average molecular weight is 288 g/mol. The first-order valence-corrected chi connectivity index (χ1v) is 7.68. The average Bonchev–Trinajstić information content (AvgIpc) is 2.48. The van der Waals surface area contributed by atoms with Crippen molar-refractivity contribution >= 4 is 11.6 Å². The van der Waals surface area contributed by atoms with Crippen LogP contribution >= 0.6 is 0 Å². The molecule has 4 nitrogen and oxygen atoms in total. The van der Waals surface area contributed by atoms with Crippen molar-refractivity contribution in [3.63, 3.8) is 0 Å². The second-order valence-corrected chi connectivity index (χ2v) is 5.34. The Kier molecular flexibility index (Phi) is 5.67. The van der Waals surface area contributed by atoms with Gasteiger partial charge in [0.05, 0.1) is 6.61 Å². The van der Waals surface area contributed by atoms with E-state index in [2.05, 4.69) is 11.4 Å². The summed E-state index contributed by atoms with van der Waals surface area (Å²) in [6.07, 6.45) is 8.15. The van der Waals surface area contributed by atoms with Gasteiger partial charge in [-0.25, -0.2) is 0 Å². The van der Waals surface area contributed by atoms with Crippen LogP contribution in [0.4, 0.5) is 5.69 Å². The number of carbonyl (C=O) groups excluding carboxylic acids is 1. The summed E-state index contributed by atoms with van der Waals surface area (Å²) in [6, 6.07) is 5.14. The number of carbonyl (C=O) groups is 1. The molecule has 1 aromatic carbocycles. The van der Waals surface area contributed by atoms with Gasteiger partial charge in [-0.2, -0.15) is 0 Å². The van der Waals surface area contributed by atoms with Crippen LogP contribution < -0.4 is 15.8 Å². The van der Waals surface area contributed by atoms with Gasteiger partial charge in [-0.3, -0.25) is 4.79 Å². The van der Waals surface area contributed by atoms with E-state index >= 15 is 0 Å². The van der Waals surface area contributed by atoms with Crippen molar-refractivity contribution in [3.05, 3.63) is 35.4 Å². The lowest BCUT2D eigenvalue weighted by molar-refractivity contribution is 0.0953. The van der Waals surface area contributed by atoms with Gasteiger partial charge < -0.3 is 15.8 Å². The minimum atomic E-state index is -0.0975. The minimum absolute atomic E-state index is 0.0975. The van der Waals surface area contributed by atoms with Gasteiger partial charge in [-0.05, 0) is 51.2 Å². The van der Waals surface area contributed by atoms with Crippen LogP contribution in [0.3, 0.4) is 0 Å². The van der Waals surface area contributed by atoms with Gasteiger partial charge in [0.2, 0.25) is 0 Å². The molecule has 0 radical (unpaired) electrons. The molecule has 2 rings (SSSR count). The molecule has 1 aliphatic rings. The van der Waals surface area contributed by atoms with Gasteiger partial charge in [0.1, 0.15) is 5.75 Å². The second-order valence-electron chi connectivity index (χ2n) is 5.34. The zero-order valence-corrected chi connectivity index (χ0v) is 12.7. The normalized spacial score (nSPS) is 14.4. The Morgan fingerprint density at radius 2 is 2.19 bits per heavy atom. The van der Waals surface area contributed by atoms with E-state index in [1.165, 1.54) is 31.3 Å². The van der Waals surface area contributed by atoms with Crippen LogP contribution in [-0.4, -0.2) is 19.1 Å². The van der Waals surface area contributed by atoms with Crippen LogP contribution in [0.15, 0.2) is 29.8 Å². The van der Waals surface area contributed by atoms with Gasteiger partial charge in [-0.15, -0.1) is 0 Å². The molecule has 0 aliphatic heterocycles. The second kappa shape index (κ2) is 7.72. The number of nitrogens with one attached hydrogen (secondary N) is 1. The topological polar surface area (TPSA) is 64.3 Å². The maximum Gasteiger partial charge on any atom is 0.251 e. The SMILES string of the molecule is CCOc1cc(N)cc(C(=O)NCCC2=CCCCC2)c1. The summed E-state index contributed by atoms with van der Waals surface area (Å²) in [5.74, 6) is 0.539. The fourth-order valence-corrected chi connectivity index (χ4v) is 2.57. The summed E-state index contributed by atoms with van der Waals surface area (Å²) >= 11 is 0. The van der Waals surface area contributed by atoms with E-state index in [0.717, 1.165) is 6.42 Å². The Labute approximate surface area is 126 Å². The lowest BCUT2D eigenvalue weighted by atomic mass is 9.97. The molecule has 4 heteroatoms. The summed E-state index contributed by atoms with van der Waals surface area (Å²) in [4.78, 5) is 12.2. The predicted octanol–water partition coefficient (Wildman–Crippen LogP) is 3.29. The van der Waals surface area contributed by atoms with Crippen LogP contribution in [0.5, 0.6) is 5.75 Å². The van der Waals surface area contributed by atoms with E-state index in [-0.39, 0.29) is 5.91 Å². The third-order valence-electron chi connectivity index (χ3n) is 3.62. The molecule has 0 atom stereocenters. The van der Waals surface area contributed by atoms with E-state index in [9.17, 15) is 4.79 Å². The van der Waals surface area contributed by atoms with Crippen LogP contribution in [0.2, 0.25) is 0 Å². The molecular weight excluding hydrogens is 264 g/mol. The number of allylic oxidation sites excluding steroid dienone is 1. The molecule has 1 aliphatic carbocycles. The number of anilines is 1. The molecule has 0 saturated heterocycles. The highest BCUT2D eigenvalue weighted by Gasteiger charge is 2.09. The molecule has 114 valence electrons. The van der Waals surface area contributed by atoms with Gasteiger partial charge in [0, 0.05) is 23.9 Å². The van der Waals surface area contributed by atoms with Crippen molar-refractivity contribution in [2.75, 3.05) is 18.9 Å². The van der Waals surface area contributed by atoms with Crippen LogP contribution in [-0.2, 0) is 0 Å². The maximum atomic E-state index is 12.2. The number of ether oxygens (including phenoxy) is 1. The highest BCUT2D eigenvalue weighted by Crippen LogP contribution is 2.20. The van der Waals surface area contributed by atoms with Crippen molar-refractivity contribution in [3.8, 4) is 5.75 Å². The molecule has 0 saturated carbocycles. The van der Waals surface area contributed by atoms with Crippen molar-refractivity contribution < 1.29 is 9.53 Å². The molecule has 0 fully saturated rings. The molecular formula is C17H24N2O2. The zero-order chi connectivity index (χ0) is 15.1. The molecule has 1 amide bonds. The van der Waals surface area contributed by atoms with E-state index in [1.807, 2.05) is 6.92 Å². The number of rotatable bonds is 6. The van der Waals surface area contributed by atoms with Crippen LogP contribution in [0.25, 0.3) is 0 Å². The van der Waals surface area contributed by atoms with Gasteiger partial charge in [0.15, 0.2) is 0 Å². The first-order chi connectivity index (χ1) is 10.2. The number of nitrogen functional groups attached to an aromatic ring is 1. The largest absolute Gasteiger partial charge is 0.494 e. The molecule has 1 aromatic rings. The smallest absolute Gasteiger partial charge is 0.251 e. The van der Waals surface area contributed by atoms with Crippen molar-refractivity contribution in [1.82, 2.24) is 5.32 Å². The van der Waals surface area contributed by atoms with Crippen molar-refractivity contribution in [2.45, 2.75) is 39.0 Å². The standard InChI is InChI=1S/C17H24N2O2/c1-2-21-16-11-14(10-15(18)12-16)17(20)19-9-8-13-6-4-3-5-7-13/h6,10-12H,2-5,7-9,18H2,1H3,(H,19,20). The summed E-state index contributed by atoms with van der Waals surface area (Å²) in [5.41, 5.74) is 8.36. The molecule has 0 spiro atoms. The molecule has 3 N–H and O–H groups in total. The van der Waals surface area contributed by atoms with E-state index < -0.39 is 0 Å². The van der Waals surface area contributed by atoms with E-state index in [0.29, 0.717) is 30.2 Å². The van der Waals surface area contributed by atoms with E-state index in [1.54, 1.807) is 18.2 Å². The van der Waals surface area contributed by atoms with Crippen molar-refractivity contribution in [1.29, 1.82) is 0 Å². The molecule has 0 aromatic heterocycles. The third-order valence-corrected chi connectivity index (χ3v) is 3.62. The zero-order valence-electron chi connectivity index (χ0n) is 12.7. The Bertz CT molecular complexity index is 524. The van der Waals surface area contributed by atoms with Crippen LogP contribution in [0.1, 0.15) is 49.4 Å². The number of benzene rings is 1. The fraction of sp³-hybridized carbons (Fsp3) is 0.471. The van der Waals surface area contributed by atoms with Crippen LogP contribution in [0, 0.1) is 0 Å². The monoisotopic (exact) mass is 288 g/mol. The highest BCUT2D eigenvalue weighted by molar-refractivity contribution is 5.95. The molecule has 0 bridgehead atoms. The van der Waals surface area contributed by atoms with Gasteiger partial charge in [0.25, 0.3) is 5.91 Å². The van der Waals surface area contributed by atoms with Gasteiger partial charge >= 0.3 is 0 Å². The molecule has 0 unspecified atom stereocenters. The summed E-state index contributed by atoms with van der Waals surface area (Å²) in [5, 5.41) is 2.95. The van der Waals surface area contributed by atoms with Crippen molar-refractivity contribution in [2.24, 2.45) is 0 Å². The Hall–Kier alpha value is -1.97. The summed E-state index contributed by atoms with van der Waals surface area (Å²) < 4.78 is 5.41. The Balaban J connectivity index is 1.89. The first kappa shape index (κ1) is 15.4. The minimum Gasteiger partial charge on any atom is -0.494 e. The molecule has 21 heavy (non-hydrogen) atoms. The third kappa shape index (κ3) is 4.81. The first-order valence-electron chi connectivity index (χ1n) is 7.68. The lowest BCUT2D eigenvalue weighted by Gasteiger charge is -2.13. The number of hydrogen-bond acceptors (Lipinski definition) is 3. The highest BCUT2D eigenvalue weighted by atomic mass is 16.5. The summed E-state index contributed by atoms with van der Waals surface area (Å²) in [6.45, 7) is 3.13. The van der Waals surface area contributed by atoms with E-state index in [4.69, 9.17) is 10.5 Å². The maximum absolute atomic E-state index is 12.2.